The summed E-state index contributed by atoms with van der Waals surface area (Å²) in [6.07, 6.45) is 1.56. The second-order valence-electron chi connectivity index (χ2n) is 8.17. The lowest BCUT2D eigenvalue weighted by molar-refractivity contribution is 0.184. The minimum atomic E-state index is -0.460. The van der Waals surface area contributed by atoms with Crippen molar-refractivity contribution in [3.05, 3.63) is 92.4 Å². The Labute approximate surface area is 190 Å². The molecule has 33 heavy (non-hydrogen) atoms. The molecule has 4 aromatic rings. The minimum absolute atomic E-state index is 0.128. The van der Waals surface area contributed by atoms with Crippen molar-refractivity contribution < 1.29 is 4.74 Å². The Hall–Kier alpha value is -3.96. The number of nitrogens with zero attached hydrogens (tertiary/aromatic N) is 5. The van der Waals surface area contributed by atoms with Crippen LogP contribution < -0.4 is 11.2 Å². The Morgan fingerprint density at radius 3 is 2.55 bits per heavy atom. The number of imidazole rings is 1. The van der Waals surface area contributed by atoms with Gasteiger partial charge >= 0.3 is 5.69 Å². The summed E-state index contributed by atoms with van der Waals surface area (Å²) in [5.74, 6) is 0.356. The topological polar surface area (TPSA) is 94.8 Å². The average Bonchev–Trinajstić information content (AvgIpc) is 3.22. The van der Waals surface area contributed by atoms with E-state index >= 15 is 0 Å². The van der Waals surface area contributed by atoms with Crippen LogP contribution >= 0.6 is 0 Å². The van der Waals surface area contributed by atoms with Gasteiger partial charge in [0.15, 0.2) is 11.2 Å². The molecule has 0 N–H and O–H groups in total. The molecule has 168 valence electrons. The van der Waals surface area contributed by atoms with Crippen LogP contribution in [0.4, 0.5) is 0 Å². The molecular formula is C25H25N5O3. The van der Waals surface area contributed by atoms with E-state index in [0.717, 1.165) is 11.1 Å². The smallest absolute Gasteiger partial charge is 0.337 e. The fourth-order valence-electron chi connectivity index (χ4n) is 3.86. The standard InChI is InChI=1S/C25H25N5O3/c1-17(2)20-7-9-21(10-8-20)30-23-22(24(31)29(25(30)32)11-12-33-3)28(16-27-23)15-19-6-4-5-18(13-19)14-26/h4-10,13,16-17H,11-12,15H2,1-3H3. The molecule has 2 heterocycles. The molecule has 0 amide bonds. The fraction of sp³-hybridized carbons (Fsp3) is 0.280. The maximum Gasteiger partial charge on any atom is 0.337 e. The molecule has 0 bridgehead atoms. The number of benzene rings is 2. The molecule has 0 aliphatic heterocycles. The Morgan fingerprint density at radius 1 is 1.12 bits per heavy atom. The summed E-state index contributed by atoms with van der Waals surface area (Å²) in [6, 6.07) is 17.0. The van der Waals surface area contributed by atoms with Gasteiger partial charge in [-0.05, 0) is 41.3 Å². The van der Waals surface area contributed by atoms with Crippen molar-refractivity contribution in [3.63, 3.8) is 0 Å². The van der Waals surface area contributed by atoms with Gasteiger partial charge in [0.05, 0.1) is 36.8 Å². The number of hydrogen-bond acceptors (Lipinski definition) is 5. The Balaban J connectivity index is 1.93. The molecule has 0 spiro atoms. The molecule has 8 heteroatoms. The molecule has 0 atom stereocenters. The lowest BCUT2D eigenvalue weighted by atomic mass is 10.0. The highest BCUT2D eigenvalue weighted by atomic mass is 16.5. The van der Waals surface area contributed by atoms with Crippen LogP contribution in [0.1, 0.15) is 36.5 Å². The van der Waals surface area contributed by atoms with E-state index in [-0.39, 0.29) is 13.2 Å². The summed E-state index contributed by atoms with van der Waals surface area (Å²) in [5.41, 5.74) is 2.92. The molecule has 0 fully saturated rings. The van der Waals surface area contributed by atoms with Crippen LogP contribution in [-0.4, -0.2) is 32.4 Å². The molecule has 0 aliphatic carbocycles. The van der Waals surface area contributed by atoms with E-state index in [9.17, 15) is 14.9 Å². The Morgan fingerprint density at radius 2 is 1.88 bits per heavy atom. The molecule has 2 aromatic carbocycles. The summed E-state index contributed by atoms with van der Waals surface area (Å²) in [7, 11) is 1.53. The molecule has 8 nitrogen and oxygen atoms in total. The third kappa shape index (κ3) is 4.23. The summed E-state index contributed by atoms with van der Waals surface area (Å²) in [6.45, 7) is 4.91. The molecule has 0 radical (unpaired) electrons. The highest BCUT2D eigenvalue weighted by Crippen LogP contribution is 2.19. The highest BCUT2D eigenvalue weighted by molar-refractivity contribution is 5.72. The number of fused-ring (bicyclic) bond motifs is 1. The van der Waals surface area contributed by atoms with Crippen LogP contribution in [0.15, 0.2) is 64.4 Å². The normalized spacial score (nSPS) is 11.2. The number of methoxy groups -OCH3 is 1. The summed E-state index contributed by atoms with van der Waals surface area (Å²) >= 11 is 0. The number of aromatic nitrogens is 4. The monoisotopic (exact) mass is 443 g/mol. The van der Waals surface area contributed by atoms with Gasteiger partial charge in [-0.2, -0.15) is 5.26 Å². The molecule has 2 aromatic heterocycles. The minimum Gasteiger partial charge on any atom is -0.383 e. The van der Waals surface area contributed by atoms with Crippen molar-refractivity contribution in [2.75, 3.05) is 13.7 Å². The van der Waals surface area contributed by atoms with E-state index in [2.05, 4.69) is 24.9 Å². The number of rotatable bonds is 7. The van der Waals surface area contributed by atoms with Crippen LogP contribution in [-0.2, 0) is 17.8 Å². The molecule has 0 aliphatic rings. The first-order chi connectivity index (χ1) is 15.9. The lowest BCUT2D eigenvalue weighted by Crippen LogP contribution is -2.41. The predicted octanol–water partition coefficient (Wildman–Crippen LogP) is 3.04. The molecular weight excluding hydrogens is 418 g/mol. The Kier molecular flexibility index (Phi) is 6.24. The summed E-state index contributed by atoms with van der Waals surface area (Å²) < 4.78 is 9.50. The maximum atomic E-state index is 13.4. The van der Waals surface area contributed by atoms with E-state index in [1.165, 1.54) is 16.2 Å². The molecule has 0 unspecified atom stereocenters. The van der Waals surface area contributed by atoms with Crippen molar-refractivity contribution >= 4 is 11.2 Å². The first-order valence-electron chi connectivity index (χ1n) is 10.7. The van der Waals surface area contributed by atoms with Gasteiger partial charge in [0, 0.05) is 13.7 Å². The zero-order valence-electron chi connectivity index (χ0n) is 18.9. The van der Waals surface area contributed by atoms with Crippen molar-refractivity contribution in [3.8, 4) is 11.8 Å². The first-order valence-corrected chi connectivity index (χ1v) is 10.7. The van der Waals surface area contributed by atoms with Gasteiger partial charge in [0.25, 0.3) is 5.56 Å². The van der Waals surface area contributed by atoms with Crippen LogP contribution in [0, 0.1) is 11.3 Å². The molecule has 0 saturated carbocycles. The third-order valence-electron chi connectivity index (χ3n) is 5.65. The van der Waals surface area contributed by atoms with Gasteiger partial charge in [0.1, 0.15) is 0 Å². The number of ether oxygens (including phenoxy) is 1. The average molecular weight is 444 g/mol. The quantitative estimate of drug-likeness (QED) is 0.438. The molecule has 4 rings (SSSR count). The summed E-state index contributed by atoms with van der Waals surface area (Å²) in [5, 5.41) is 9.20. The number of nitriles is 1. The lowest BCUT2D eigenvalue weighted by Gasteiger charge is -2.13. The van der Waals surface area contributed by atoms with E-state index in [4.69, 9.17) is 4.74 Å². The predicted molar refractivity (Wildman–Crippen MR) is 126 cm³/mol. The van der Waals surface area contributed by atoms with Crippen LogP contribution in [0.2, 0.25) is 0 Å². The zero-order chi connectivity index (χ0) is 23.5. The van der Waals surface area contributed by atoms with Crippen molar-refractivity contribution in [1.82, 2.24) is 18.7 Å². The number of hydrogen-bond donors (Lipinski definition) is 0. The largest absolute Gasteiger partial charge is 0.383 e. The van der Waals surface area contributed by atoms with E-state index < -0.39 is 11.2 Å². The van der Waals surface area contributed by atoms with Crippen LogP contribution in [0.25, 0.3) is 16.9 Å². The Bertz CT molecular complexity index is 1450. The highest BCUT2D eigenvalue weighted by Gasteiger charge is 2.19. The van der Waals surface area contributed by atoms with E-state index in [1.54, 1.807) is 29.1 Å². The fourth-order valence-corrected chi connectivity index (χ4v) is 3.86. The van der Waals surface area contributed by atoms with Gasteiger partial charge in [-0.3, -0.25) is 9.36 Å². The summed E-state index contributed by atoms with van der Waals surface area (Å²) in [4.78, 5) is 31.2. The van der Waals surface area contributed by atoms with Gasteiger partial charge in [-0.1, -0.05) is 38.1 Å². The van der Waals surface area contributed by atoms with Gasteiger partial charge in [-0.25, -0.2) is 14.3 Å². The van der Waals surface area contributed by atoms with Gasteiger partial charge in [0.2, 0.25) is 0 Å². The SMILES string of the molecule is COCCn1c(=O)c2c(ncn2Cc2cccc(C#N)c2)n(-c2ccc(C(C)C)cc2)c1=O. The van der Waals surface area contributed by atoms with Crippen LogP contribution in [0.5, 0.6) is 0 Å². The second kappa shape index (κ2) is 9.27. The van der Waals surface area contributed by atoms with Crippen LogP contribution in [0.3, 0.4) is 0 Å². The maximum absolute atomic E-state index is 13.4. The van der Waals surface area contributed by atoms with E-state index in [1.807, 2.05) is 30.3 Å². The van der Waals surface area contributed by atoms with Gasteiger partial charge in [-0.15, -0.1) is 0 Å². The molecule has 0 saturated heterocycles. The van der Waals surface area contributed by atoms with Crippen molar-refractivity contribution in [1.29, 1.82) is 5.26 Å². The van der Waals surface area contributed by atoms with Gasteiger partial charge < -0.3 is 9.30 Å². The van der Waals surface area contributed by atoms with E-state index in [0.29, 0.717) is 34.9 Å². The second-order valence-corrected chi connectivity index (χ2v) is 8.17. The zero-order valence-corrected chi connectivity index (χ0v) is 18.9. The third-order valence-corrected chi connectivity index (χ3v) is 5.65. The van der Waals surface area contributed by atoms with Crippen molar-refractivity contribution in [2.45, 2.75) is 32.9 Å². The van der Waals surface area contributed by atoms with Crippen molar-refractivity contribution in [2.24, 2.45) is 0 Å². The first kappa shape index (κ1) is 22.2.